The van der Waals surface area contributed by atoms with Crippen LogP contribution >= 0.6 is 11.3 Å². The standard InChI is InChI=1S/C17H22N8O2S/c1-3-27-17(26)24-8-6-23(7-9-24)14-13-11-4-5-22(2)10-12(11)28-15(13)25-16(18-14)19-20-21-25/h3-10H2,1-2H3. The van der Waals surface area contributed by atoms with Crippen molar-refractivity contribution in [3.8, 4) is 0 Å². The molecule has 10 nitrogen and oxygen atoms in total. The smallest absolute Gasteiger partial charge is 0.409 e. The summed E-state index contributed by atoms with van der Waals surface area (Å²) in [7, 11) is 2.15. The minimum Gasteiger partial charge on any atom is -0.450 e. The zero-order valence-corrected chi connectivity index (χ0v) is 16.8. The molecule has 0 saturated carbocycles. The summed E-state index contributed by atoms with van der Waals surface area (Å²) in [5.41, 5.74) is 1.37. The number of hydrogen-bond donors (Lipinski definition) is 0. The molecule has 5 heterocycles. The number of amides is 1. The van der Waals surface area contributed by atoms with E-state index in [2.05, 4.69) is 32.4 Å². The molecule has 0 spiro atoms. The van der Waals surface area contributed by atoms with Gasteiger partial charge >= 0.3 is 6.09 Å². The number of ether oxygens (including phenoxy) is 1. The fourth-order valence-electron chi connectivity index (χ4n) is 3.98. The highest BCUT2D eigenvalue weighted by Crippen LogP contribution is 2.39. The molecule has 3 aromatic heterocycles. The van der Waals surface area contributed by atoms with E-state index in [9.17, 15) is 4.79 Å². The van der Waals surface area contributed by atoms with Crippen molar-refractivity contribution in [2.24, 2.45) is 0 Å². The highest BCUT2D eigenvalue weighted by molar-refractivity contribution is 7.19. The molecule has 148 valence electrons. The van der Waals surface area contributed by atoms with Crippen molar-refractivity contribution >= 4 is 39.2 Å². The molecular formula is C17H22N8O2S. The summed E-state index contributed by atoms with van der Waals surface area (Å²) in [6.07, 6.45) is 0.755. The molecule has 1 saturated heterocycles. The van der Waals surface area contributed by atoms with Crippen LogP contribution in [0.4, 0.5) is 10.6 Å². The number of hydrogen-bond acceptors (Lipinski definition) is 9. The molecule has 11 heteroatoms. The second kappa shape index (κ2) is 6.82. The number of aromatic nitrogens is 5. The maximum absolute atomic E-state index is 12.0. The fourth-order valence-corrected chi connectivity index (χ4v) is 5.34. The number of carbonyl (C=O) groups is 1. The van der Waals surface area contributed by atoms with Crippen molar-refractivity contribution in [3.05, 3.63) is 10.4 Å². The zero-order chi connectivity index (χ0) is 19.3. The maximum atomic E-state index is 12.0. The van der Waals surface area contributed by atoms with Crippen molar-refractivity contribution in [3.63, 3.8) is 0 Å². The van der Waals surface area contributed by atoms with E-state index in [0.717, 1.165) is 35.5 Å². The van der Waals surface area contributed by atoms with Crippen molar-refractivity contribution in [1.82, 2.24) is 34.8 Å². The molecule has 0 bridgehead atoms. The van der Waals surface area contributed by atoms with Gasteiger partial charge in [-0.25, -0.2) is 4.79 Å². The van der Waals surface area contributed by atoms with E-state index in [0.29, 0.717) is 38.6 Å². The van der Waals surface area contributed by atoms with Gasteiger partial charge in [-0.3, -0.25) is 0 Å². The molecule has 0 N–H and O–H groups in total. The lowest BCUT2D eigenvalue weighted by Gasteiger charge is -2.35. The van der Waals surface area contributed by atoms with Gasteiger partial charge in [0.05, 0.1) is 12.0 Å². The first-order chi connectivity index (χ1) is 13.7. The Bertz CT molecular complexity index is 1040. The largest absolute Gasteiger partial charge is 0.450 e. The lowest BCUT2D eigenvalue weighted by molar-refractivity contribution is 0.105. The van der Waals surface area contributed by atoms with Crippen molar-refractivity contribution in [2.75, 3.05) is 51.3 Å². The van der Waals surface area contributed by atoms with Crippen LogP contribution in [0.5, 0.6) is 0 Å². The molecule has 2 aliphatic rings. The molecule has 0 aromatic carbocycles. The van der Waals surface area contributed by atoms with Crippen LogP contribution in [0.25, 0.3) is 16.0 Å². The quantitative estimate of drug-likeness (QED) is 0.627. The molecule has 0 radical (unpaired) electrons. The number of nitrogens with zero attached hydrogens (tertiary/aromatic N) is 8. The fraction of sp³-hybridized carbons (Fsp3) is 0.588. The normalized spacial score (nSPS) is 18.1. The van der Waals surface area contributed by atoms with E-state index in [4.69, 9.17) is 9.72 Å². The van der Waals surface area contributed by atoms with E-state index >= 15 is 0 Å². The summed E-state index contributed by atoms with van der Waals surface area (Å²) in [6, 6.07) is 0. The SMILES string of the molecule is CCOC(=O)N1CCN(c2nc3nnnn3c3sc4c(c23)CCN(C)C4)CC1. The first kappa shape index (κ1) is 17.6. The summed E-state index contributed by atoms with van der Waals surface area (Å²) in [5, 5.41) is 13.2. The number of thiophene rings is 1. The first-order valence-corrected chi connectivity index (χ1v) is 10.3. The van der Waals surface area contributed by atoms with Gasteiger partial charge in [-0.1, -0.05) is 5.10 Å². The van der Waals surface area contributed by atoms with Gasteiger partial charge in [0.1, 0.15) is 10.6 Å². The lowest BCUT2D eigenvalue weighted by atomic mass is 10.0. The average molecular weight is 402 g/mol. The molecule has 5 rings (SSSR count). The molecule has 1 amide bonds. The number of piperazine rings is 1. The molecule has 2 aliphatic heterocycles. The number of anilines is 1. The third-order valence-corrected chi connectivity index (χ3v) is 6.60. The summed E-state index contributed by atoms with van der Waals surface area (Å²) < 4.78 is 6.88. The Morgan fingerprint density at radius 2 is 2.04 bits per heavy atom. The van der Waals surface area contributed by atoms with Crippen LogP contribution in [0.1, 0.15) is 17.4 Å². The van der Waals surface area contributed by atoms with Crippen LogP contribution in [0.15, 0.2) is 0 Å². The molecule has 3 aromatic rings. The Kier molecular flexibility index (Phi) is 4.27. The van der Waals surface area contributed by atoms with Crippen LogP contribution in [0.3, 0.4) is 0 Å². The Labute approximate surface area is 165 Å². The lowest BCUT2D eigenvalue weighted by Crippen LogP contribution is -2.49. The van der Waals surface area contributed by atoms with E-state index in [1.165, 1.54) is 10.4 Å². The van der Waals surface area contributed by atoms with E-state index in [1.54, 1.807) is 20.8 Å². The van der Waals surface area contributed by atoms with E-state index in [-0.39, 0.29) is 6.09 Å². The first-order valence-electron chi connectivity index (χ1n) is 9.53. The van der Waals surface area contributed by atoms with Crippen LogP contribution in [0, 0.1) is 0 Å². The average Bonchev–Trinajstić information content (AvgIpc) is 3.31. The third-order valence-electron chi connectivity index (χ3n) is 5.41. The highest BCUT2D eigenvalue weighted by Gasteiger charge is 2.29. The number of rotatable bonds is 2. The van der Waals surface area contributed by atoms with Gasteiger partial charge in [0, 0.05) is 44.1 Å². The van der Waals surface area contributed by atoms with Gasteiger partial charge in [0.2, 0.25) is 0 Å². The Balaban J connectivity index is 1.55. The van der Waals surface area contributed by atoms with Crippen molar-refractivity contribution < 1.29 is 9.53 Å². The Morgan fingerprint density at radius 1 is 1.21 bits per heavy atom. The van der Waals surface area contributed by atoms with Crippen LogP contribution < -0.4 is 4.90 Å². The molecule has 28 heavy (non-hydrogen) atoms. The van der Waals surface area contributed by atoms with E-state index in [1.807, 2.05) is 6.92 Å². The monoisotopic (exact) mass is 402 g/mol. The number of carbonyl (C=O) groups excluding carboxylic acids is 1. The van der Waals surface area contributed by atoms with Gasteiger partial charge in [0.15, 0.2) is 0 Å². The summed E-state index contributed by atoms with van der Waals surface area (Å²) in [4.78, 5) is 25.6. The highest BCUT2D eigenvalue weighted by atomic mass is 32.1. The van der Waals surface area contributed by atoms with Gasteiger partial charge in [-0.05, 0) is 36.4 Å². The second-order valence-corrected chi connectivity index (χ2v) is 8.25. The Morgan fingerprint density at radius 3 is 2.82 bits per heavy atom. The third kappa shape index (κ3) is 2.76. The second-order valence-electron chi connectivity index (χ2n) is 7.17. The predicted octanol–water partition coefficient (Wildman–Crippen LogP) is 1.00. The van der Waals surface area contributed by atoms with Crippen LogP contribution in [-0.2, 0) is 17.7 Å². The zero-order valence-electron chi connectivity index (χ0n) is 16.0. The molecular weight excluding hydrogens is 380 g/mol. The molecule has 0 atom stereocenters. The summed E-state index contributed by atoms with van der Waals surface area (Å²) in [6.45, 7) is 6.85. The molecule has 0 unspecified atom stereocenters. The van der Waals surface area contributed by atoms with Gasteiger partial charge in [0.25, 0.3) is 5.78 Å². The van der Waals surface area contributed by atoms with Crippen molar-refractivity contribution in [2.45, 2.75) is 19.9 Å². The minimum absolute atomic E-state index is 0.242. The molecule has 1 fully saturated rings. The topological polar surface area (TPSA) is 92.0 Å². The predicted molar refractivity (Wildman–Crippen MR) is 105 cm³/mol. The van der Waals surface area contributed by atoms with E-state index < -0.39 is 0 Å². The Hall–Kier alpha value is -2.53. The molecule has 0 aliphatic carbocycles. The van der Waals surface area contributed by atoms with Crippen molar-refractivity contribution in [1.29, 1.82) is 0 Å². The van der Waals surface area contributed by atoms with Gasteiger partial charge in [-0.15, -0.1) is 11.3 Å². The van der Waals surface area contributed by atoms with Gasteiger partial charge < -0.3 is 19.4 Å². The summed E-state index contributed by atoms with van der Waals surface area (Å²) >= 11 is 1.76. The number of fused-ring (bicyclic) bond motifs is 5. The van der Waals surface area contributed by atoms with Crippen LogP contribution in [0.2, 0.25) is 0 Å². The minimum atomic E-state index is -0.242. The van der Waals surface area contributed by atoms with Crippen LogP contribution in [-0.4, -0.2) is 87.3 Å². The number of likely N-dealkylation sites (N-methyl/N-ethyl adjacent to an activating group) is 1. The maximum Gasteiger partial charge on any atom is 0.409 e. The van der Waals surface area contributed by atoms with Gasteiger partial charge in [-0.2, -0.15) is 9.50 Å². The summed E-state index contributed by atoms with van der Waals surface area (Å²) in [5.74, 6) is 1.45. The number of tetrazole rings is 1.